The third kappa shape index (κ3) is 4.19. The lowest BCUT2D eigenvalue weighted by molar-refractivity contribution is 0.0948. The molecule has 1 rings (SSSR count). The van der Waals surface area contributed by atoms with Gasteiger partial charge in [-0.1, -0.05) is 0 Å². The van der Waals surface area contributed by atoms with E-state index in [2.05, 4.69) is 10.6 Å². The van der Waals surface area contributed by atoms with Gasteiger partial charge < -0.3 is 10.6 Å². The van der Waals surface area contributed by atoms with E-state index in [4.69, 9.17) is 0 Å². The second kappa shape index (κ2) is 7.94. The highest BCUT2D eigenvalue weighted by atomic mass is 35.5. The van der Waals surface area contributed by atoms with Crippen LogP contribution in [0, 0.1) is 17.5 Å². The lowest BCUT2D eigenvalue weighted by Gasteiger charge is -2.06. The Balaban J connectivity index is 0.00000289. The Hall–Kier alpha value is -1.27. The van der Waals surface area contributed by atoms with Crippen molar-refractivity contribution < 1.29 is 18.0 Å². The van der Waals surface area contributed by atoms with Crippen molar-refractivity contribution in [2.45, 2.75) is 6.42 Å². The largest absolute Gasteiger partial charge is 0.352 e. The average Bonchev–Trinajstić information content (AvgIpc) is 2.31. The van der Waals surface area contributed by atoms with E-state index in [1.54, 1.807) is 7.05 Å². The lowest BCUT2D eigenvalue weighted by Crippen LogP contribution is -2.27. The zero-order valence-corrected chi connectivity index (χ0v) is 10.5. The Morgan fingerprint density at radius 3 is 2.44 bits per heavy atom. The van der Waals surface area contributed by atoms with Gasteiger partial charge in [-0.15, -0.1) is 12.4 Å². The summed E-state index contributed by atoms with van der Waals surface area (Å²) in [5.74, 6) is -5.16. The van der Waals surface area contributed by atoms with Crippen molar-refractivity contribution >= 4 is 18.3 Å². The first-order valence-corrected chi connectivity index (χ1v) is 5.14. The van der Waals surface area contributed by atoms with Gasteiger partial charge in [-0.05, 0) is 32.1 Å². The maximum Gasteiger partial charge on any atom is 0.254 e. The molecule has 0 atom stereocenters. The third-order valence-electron chi connectivity index (χ3n) is 2.17. The number of halogens is 4. The van der Waals surface area contributed by atoms with E-state index in [0.29, 0.717) is 19.5 Å². The molecule has 0 aliphatic carbocycles. The molecule has 0 heterocycles. The predicted octanol–water partition coefficient (Wildman–Crippen LogP) is 1.86. The Bertz CT molecular complexity index is 416. The number of amides is 1. The highest BCUT2D eigenvalue weighted by Crippen LogP contribution is 2.14. The first-order chi connectivity index (χ1) is 8.07. The summed E-state index contributed by atoms with van der Waals surface area (Å²) in [7, 11) is 1.76. The zero-order chi connectivity index (χ0) is 12.8. The molecule has 0 aliphatic rings. The van der Waals surface area contributed by atoms with E-state index in [1.165, 1.54) is 0 Å². The van der Waals surface area contributed by atoms with E-state index in [-0.39, 0.29) is 12.4 Å². The van der Waals surface area contributed by atoms with Gasteiger partial charge in [0, 0.05) is 6.54 Å². The molecule has 1 amide bonds. The van der Waals surface area contributed by atoms with Crippen molar-refractivity contribution in [3.8, 4) is 0 Å². The van der Waals surface area contributed by atoms with Gasteiger partial charge in [0.15, 0.2) is 17.5 Å². The van der Waals surface area contributed by atoms with Gasteiger partial charge in [-0.3, -0.25) is 4.79 Å². The molecule has 3 nitrogen and oxygen atoms in total. The molecule has 0 fully saturated rings. The van der Waals surface area contributed by atoms with Gasteiger partial charge in [-0.2, -0.15) is 0 Å². The molecule has 0 saturated heterocycles. The Labute approximate surface area is 109 Å². The smallest absolute Gasteiger partial charge is 0.254 e. The number of hydrogen-bond donors (Lipinski definition) is 2. The van der Waals surface area contributed by atoms with Gasteiger partial charge in [0.05, 0.1) is 5.56 Å². The molecule has 0 bridgehead atoms. The summed E-state index contributed by atoms with van der Waals surface area (Å²) in [4.78, 5) is 11.4. The maximum atomic E-state index is 13.2. The molecule has 102 valence electrons. The highest BCUT2D eigenvalue weighted by Gasteiger charge is 2.18. The summed E-state index contributed by atoms with van der Waals surface area (Å²) in [5, 5.41) is 5.29. The molecule has 7 heteroatoms. The van der Waals surface area contributed by atoms with Gasteiger partial charge in [0.2, 0.25) is 0 Å². The molecule has 0 aliphatic heterocycles. The van der Waals surface area contributed by atoms with E-state index in [0.717, 1.165) is 12.1 Å². The van der Waals surface area contributed by atoms with E-state index < -0.39 is 28.9 Å². The topological polar surface area (TPSA) is 41.1 Å². The summed E-state index contributed by atoms with van der Waals surface area (Å²) in [5.41, 5.74) is -0.492. The van der Waals surface area contributed by atoms with Crippen LogP contribution in [0.5, 0.6) is 0 Å². The van der Waals surface area contributed by atoms with E-state index in [9.17, 15) is 18.0 Å². The van der Waals surface area contributed by atoms with Gasteiger partial charge >= 0.3 is 0 Å². The van der Waals surface area contributed by atoms with Crippen LogP contribution < -0.4 is 10.6 Å². The second-order valence-electron chi connectivity index (χ2n) is 3.44. The first-order valence-electron chi connectivity index (χ1n) is 5.14. The second-order valence-corrected chi connectivity index (χ2v) is 3.44. The van der Waals surface area contributed by atoms with Gasteiger partial charge in [-0.25, -0.2) is 13.2 Å². The van der Waals surface area contributed by atoms with E-state index in [1.807, 2.05) is 0 Å². The molecule has 0 unspecified atom stereocenters. The Morgan fingerprint density at radius 1 is 1.17 bits per heavy atom. The highest BCUT2D eigenvalue weighted by molar-refractivity contribution is 5.94. The third-order valence-corrected chi connectivity index (χ3v) is 2.17. The van der Waals surface area contributed by atoms with Crippen LogP contribution in [0.3, 0.4) is 0 Å². The monoisotopic (exact) mass is 282 g/mol. The molecule has 2 N–H and O–H groups in total. The standard InChI is InChI=1S/C11H13F3N2O.ClH/c1-15-5-2-6-16-11(17)7-3-4-8(12)10(14)9(7)13;/h3-4,15H,2,5-6H2,1H3,(H,16,17);1H. The molecule has 0 aromatic heterocycles. The number of hydrogen-bond acceptors (Lipinski definition) is 2. The minimum Gasteiger partial charge on any atom is -0.352 e. The first kappa shape index (κ1) is 16.7. The van der Waals surface area contributed by atoms with Crippen molar-refractivity contribution in [3.63, 3.8) is 0 Å². The molecule has 1 aromatic carbocycles. The summed E-state index contributed by atoms with van der Waals surface area (Å²) in [6.45, 7) is 1.03. The van der Waals surface area contributed by atoms with Gasteiger partial charge in [0.1, 0.15) is 0 Å². The SMILES string of the molecule is CNCCCNC(=O)c1ccc(F)c(F)c1F.Cl. The van der Waals surface area contributed by atoms with Crippen LogP contribution in [-0.4, -0.2) is 26.0 Å². The predicted molar refractivity (Wildman–Crippen MR) is 64.4 cm³/mol. The van der Waals surface area contributed by atoms with Crippen LogP contribution in [0.4, 0.5) is 13.2 Å². The zero-order valence-electron chi connectivity index (χ0n) is 9.73. The number of nitrogens with one attached hydrogen (secondary N) is 2. The minimum absolute atomic E-state index is 0. The minimum atomic E-state index is -1.63. The van der Waals surface area contributed by atoms with Crippen molar-refractivity contribution in [2.24, 2.45) is 0 Å². The number of carbonyl (C=O) groups is 1. The van der Waals surface area contributed by atoms with E-state index >= 15 is 0 Å². The van der Waals surface area contributed by atoms with Crippen LogP contribution >= 0.6 is 12.4 Å². The maximum absolute atomic E-state index is 13.2. The summed E-state index contributed by atoms with van der Waals surface area (Å²) >= 11 is 0. The van der Waals surface area contributed by atoms with Crippen LogP contribution in [-0.2, 0) is 0 Å². The van der Waals surface area contributed by atoms with Crippen molar-refractivity contribution in [2.75, 3.05) is 20.1 Å². The quantitative estimate of drug-likeness (QED) is 0.639. The number of rotatable bonds is 5. The molecule has 0 spiro atoms. The van der Waals surface area contributed by atoms with Gasteiger partial charge in [0.25, 0.3) is 5.91 Å². The molecular formula is C11H14ClF3N2O. The van der Waals surface area contributed by atoms with Crippen LogP contribution in [0.2, 0.25) is 0 Å². The van der Waals surface area contributed by atoms with Crippen LogP contribution in [0.15, 0.2) is 12.1 Å². The van der Waals surface area contributed by atoms with Crippen molar-refractivity contribution in [1.82, 2.24) is 10.6 Å². The van der Waals surface area contributed by atoms with Crippen molar-refractivity contribution in [3.05, 3.63) is 35.1 Å². The summed E-state index contributed by atoms with van der Waals surface area (Å²) in [6.07, 6.45) is 0.660. The summed E-state index contributed by atoms with van der Waals surface area (Å²) < 4.78 is 38.7. The molecule has 18 heavy (non-hydrogen) atoms. The fraction of sp³-hybridized carbons (Fsp3) is 0.364. The normalized spacial score (nSPS) is 9.78. The van der Waals surface area contributed by atoms with Crippen LogP contribution in [0.25, 0.3) is 0 Å². The summed E-state index contributed by atoms with van der Waals surface area (Å²) in [6, 6.07) is 1.64. The average molecular weight is 283 g/mol. The Kier molecular flexibility index (Phi) is 7.38. The molecular weight excluding hydrogens is 269 g/mol. The molecule has 0 radical (unpaired) electrons. The Morgan fingerprint density at radius 2 is 1.83 bits per heavy atom. The number of carbonyl (C=O) groups excluding carboxylic acids is 1. The fourth-order valence-corrected chi connectivity index (χ4v) is 1.26. The molecule has 1 aromatic rings. The lowest BCUT2D eigenvalue weighted by atomic mass is 10.2. The van der Waals surface area contributed by atoms with Crippen LogP contribution in [0.1, 0.15) is 16.8 Å². The fourth-order valence-electron chi connectivity index (χ4n) is 1.26. The molecule has 0 saturated carbocycles. The van der Waals surface area contributed by atoms with Crippen molar-refractivity contribution in [1.29, 1.82) is 0 Å². The number of benzene rings is 1.